The van der Waals surface area contributed by atoms with Crippen LogP contribution in [0, 0.1) is 0 Å². The number of para-hydroxylation sites is 2. The van der Waals surface area contributed by atoms with E-state index in [9.17, 15) is 14.4 Å². The van der Waals surface area contributed by atoms with Gasteiger partial charge >= 0.3 is 0 Å². The maximum absolute atomic E-state index is 12.9. The van der Waals surface area contributed by atoms with Crippen molar-refractivity contribution in [3.05, 3.63) is 93.3 Å². The molecule has 3 aromatic carbocycles. The van der Waals surface area contributed by atoms with E-state index in [1.807, 2.05) is 18.2 Å². The maximum atomic E-state index is 12.9. The number of rotatable bonds is 9. The molecule has 4 rings (SSSR count). The number of benzene rings is 3. The molecule has 0 aromatic heterocycles. The number of carbonyl (C=O) groups excluding carboxylic acids is 3. The van der Waals surface area contributed by atoms with Crippen molar-refractivity contribution in [2.45, 2.75) is 0 Å². The lowest BCUT2D eigenvalue weighted by Gasteiger charge is -2.13. The molecule has 0 spiro atoms. The summed E-state index contributed by atoms with van der Waals surface area (Å²) in [6.45, 7) is -0.0224. The summed E-state index contributed by atoms with van der Waals surface area (Å²) in [5, 5.41) is 3.09. The number of hydrogen-bond acceptors (Lipinski definition) is 6. The molecule has 1 N–H and O–H groups in total. The molecule has 0 unspecified atom stereocenters. The number of amides is 3. The zero-order chi connectivity index (χ0) is 25.5. The van der Waals surface area contributed by atoms with Crippen molar-refractivity contribution < 1.29 is 23.9 Å². The minimum Gasteiger partial charge on any atom is -0.492 e. The molecule has 36 heavy (non-hydrogen) atoms. The number of nitrogens with one attached hydrogen (secondary N) is 1. The number of imide groups is 1. The zero-order valence-electron chi connectivity index (χ0n) is 18.8. The summed E-state index contributed by atoms with van der Waals surface area (Å²) in [6, 6.07) is 20.8. The molecule has 1 aliphatic rings. The Kier molecular flexibility index (Phi) is 8.53. The average Bonchev–Trinajstić information content (AvgIpc) is 3.13. The van der Waals surface area contributed by atoms with E-state index in [0.29, 0.717) is 32.8 Å². The summed E-state index contributed by atoms with van der Waals surface area (Å²) in [5.41, 5.74) is 0.924. The highest BCUT2D eigenvalue weighted by Crippen LogP contribution is 2.35. The van der Waals surface area contributed by atoms with Crippen molar-refractivity contribution in [2.24, 2.45) is 0 Å². The second-order valence-corrected chi connectivity index (χ2v) is 9.33. The largest absolute Gasteiger partial charge is 0.492 e. The molecule has 0 atom stereocenters. The second-order valence-electron chi connectivity index (χ2n) is 7.49. The minimum absolute atomic E-state index is 0.109. The third-order valence-corrected chi connectivity index (χ3v) is 6.44. The molecular weight excluding hydrogens is 523 g/mol. The van der Waals surface area contributed by atoms with E-state index in [4.69, 9.17) is 32.7 Å². The van der Waals surface area contributed by atoms with Crippen molar-refractivity contribution in [1.82, 2.24) is 4.90 Å². The summed E-state index contributed by atoms with van der Waals surface area (Å²) in [6.07, 6.45) is 1.52. The molecule has 184 valence electrons. The summed E-state index contributed by atoms with van der Waals surface area (Å²) in [4.78, 5) is 39.0. The van der Waals surface area contributed by atoms with Crippen LogP contribution in [0.4, 0.5) is 10.5 Å². The fourth-order valence-corrected chi connectivity index (χ4v) is 4.48. The standard InChI is InChI=1S/C26H20Cl2N2O5S/c27-18-10-11-22(35-16-24(31)29-21-9-5-4-8-20(21)28)17(14-18)15-23-25(32)30(26(33)36-23)12-13-34-19-6-2-1-3-7-19/h1-11,14-15H,12-13,16H2,(H,29,31)/b23-15-. The molecule has 0 saturated carbocycles. The highest BCUT2D eigenvalue weighted by molar-refractivity contribution is 8.18. The van der Waals surface area contributed by atoms with Gasteiger partial charge in [0.05, 0.1) is 22.2 Å². The lowest BCUT2D eigenvalue weighted by atomic mass is 10.2. The first kappa shape index (κ1) is 25.6. The van der Waals surface area contributed by atoms with E-state index in [1.165, 1.54) is 6.08 Å². The van der Waals surface area contributed by atoms with Crippen LogP contribution in [0.5, 0.6) is 11.5 Å². The monoisotopic (exact) mass is 542 g/mol. The summed E-state index contributed by atoms with van der Waals surface area (Å²) < 4.78 is 11.3. The van der Waals surface area contributed by atoms with Crippen molar-refractivity contribution in [3.63, 3.8) is 0 Å². The van der Waals surface area contributed by atoms with Gasteiger partial charge in [0, 0.05) is 10.6 Å². The van der Waals surface area contributed by atoms with Gasteiger partial charge in [0.2, 0.25) is 0 Å². The Labute approximate surface area is 222 Å². The van der Waals surface area contributed by atoms with E-state index >= 15 is 0 Å². The molecule has 0 aliphatic carbocycles. The molecule has 0 radical (unpaired) electrons. The predicted octanol–water partition coefficient (Wildman–Crippen LogP) is 6.13. The van der Waals surface area contributed by atoms with Gasteiger partial charge in [-0.05, 0) is 60.3 Å². The highest BCUT2D eigenvalue weighted by Gasteiger charge is 2.35. The smallest absolute Gasteiger partial charge is 0.293 e. The van der Waals surface area contributed by atoms with Crippen LogP contribution in [0.15, 0.2) is 77.7 Å². The molecule has 1 saturated heterocycles. The highest BCUT2D eigenvalue weighted by atomic mass is 35.5. The van der Waals surface area contributed by atoms with Gasteiger partial charge < -0.3 is 14.8 Å². The number of thioether (sulfide) groups is 1. The molecule has 3 aromatic rings. The Morgan fingerprint density at radius 3 is 2.50 bits per heavy atom. The number of nitrogens with zero attached hydrogens (tertiary/aromatic N) is 1. The fourth-order valence-electron chi connectivity index (χ4n) is 3.26. The van der Waals surface area contributed by atoms with Gasteiger partial charge in [0.25, 0.3) is 17.1 Å². The van der Waals surface area contributed by atoms with E-state index in [-0.39, 0.29) is 24.7 Å². The third kappa shape index (κ3) is 6.60. The van der Waals surface area contributed by atoms with Crippen LogP contribution in [0.2, 0.25) is 10.0 Å². The van der Waals surface area contributed by atoms with Crippen LogP contribution in [0.25, 0.3) is 6.08 Å². The van der Waals surface area contributed by atoms with Gasteiger partial charge in [-0.1, -0.05) is 53.5 Å². The molecule has 7 nitrogen and oxygen atoms in total. The number of halogens is 2. The maximum Gasteiger partial charge on any atom is 0.293 e. The van der Waals surface area contributed by atoms with Crippen molar-refractivity contribution in [1.29, 1.82) is 0 Å². The van der Waals surface area contributed by atoms with Gasteiger partial charge in [0.15, 0.2) is 6.61 Å². The van der Waals surface area contributed by atoms with Crippen molar-refractivity contribution in [3.8, 4) is 11.5 Å². The summed E-state index contributed by atoms with van der Waals surface area (Å²) >= 11 is 13.0. The van der Waals surface area contributed by atoms with Crippen molar-refractivity contribution in [2.75, 3.05) is 25.1 Å². The normalized spacial score (nSPS) is 14.3. The number of hydrogen-bond donors (Lipinski definition) is 1. The molecular formula is C26H20Cl2N2O5S. The van der Waals surface area contributed by atoms with Gasteiger partial charge in [-0.2, -0.15) is 0 Å². The molecule has 0 bridgehead atoms. The van der Waals surface area contributed by atoms with Gasteiger partial charge in [-0.3, -0.25) is 19.3 Å². The van der Waals surface area contributed by atoms with Crippen LogP contribution < -0.4 is 14.8 Å². The molecule has 10 heteroatoms. The first-order chi connectivity index (χ1) is 17.4. The van der Waals surface area contributed by atoms with Crippen LogP contribution in [0.1, 0.15) is 5.56 Å². The predicted molar refractivity (Wildman–Crippen MR) is 142 cm³/mol. The van der Waals surface area contributed by atoms with Crippen LogP contribution in [-0.2, 0) is 9.59 Å². The van der Waals surface area contributed by atoms with Gasteiger partial charge in [-0.25, -0.2) is 0 Å². The van der Waals surface area contributed by atoms with Crippen molar-refractivity contribution >= 4 is 63.8 Å². The third-order valence-electron chi connectivity index (χ3n) is 4.97. The van der Waals surface area contributed by atoms with E-state index < -0.39 is 17.1 Å². The lowest BCUT2D eigenvalue weighted by molar-refractivity contribution is -0.123. The first-order valence-electron chi connectivity index (χ1n) is 10.8. The molecule has 3 amide bonds. The number of carbonyl (C=O) groups is 3. The van der Waals surface area contributed by atoms with Gasteiger partial charge in [-0.15, -0.1) is 0 Å². The average molecular weight is 543 g/mol. The molecule has 1 aliphatic heterocycles. The van der Waals surface area contributed by atoms with E-state index in [2.05, 4.69) is 5.32 Å². The Morgan fingerprint density at radius 2 is 1.72 bits per heavy atom. The SMILES string of the molecule is O=C(COc1ccc(Cl)cc1/C=C1\SC(=O)N(CCOc2ccccc2)C1=O)Nc1ccccc1Cl. The van der Waals surface area contributed by atoms with Crippen LogP contribution in [0.3, 0.4) is 0 Å². The lowest BCUT2D eigenvalue weighted by Crippen LogP contribution is -2.32. The second kappa shape index (κ2) is 12.0. The summed E-state index contributed by atoms with van der Waals surface area (Å²) in [5.74, 6) is 0.124. The Balaban J connectivity index is 1.41. The minimum atomic E-state index is -0.441. The molecule has 1 heterocycles. The first-order valence-corrected chi connectivity index (χ1v) is 12.4. The van der Waals surface area contributed by atoms with Gasteiger partial charge in [0.1, 0.15) is 18.1 Å². The Morgan fingerprint density at radius 1 is 0.972 bits per heavy atom. The van der Waals surface area contributed by atoms with E-state index in [1.54, 1.807) is 54.6 Å². The summed E-state index contributed by atoms with van der Waals surface area (Å²) in [7, 11) is 0. The number of ether oxygens (including phenoxy) is 2. The topological polar surface area (TPSA) is 84.9 Å². The van der Waals surface area contributed by atoms with Crippen LogP contribution in [-0.4, -0.2) is 41.7 Å². The zero-order valence-corrected chi connectivity index (χ0v) is 21.1. The fraction of sp³-hybridized carbons (Fsp3) is 0.115. The van der Waals surface area contributed by atoms with E-state index in [0.717, 1.165) is 16.7 Å². The molecule has 1 fully saturated rings. The van der Waals surface area contributed by atoms with Crippen LogP contribution >= 0.6 is 35.0 Å². The Hall–Kier alpha value is -3.46. The quantitative estimate of drug-likeness (QED) is 0.327. The Bertz CT molecular complexity index is 1320. The number of anilines is 1.